The number of halogens is 2. The van der Waals surface area contributed by atoms with E-state index in [1.54, 1.807) is 12.1 Å². The third-order valence-corrected chi connectivity index (χ3v) is 4.33. The predicted octanol–water partition coefficient (Wildman–Crippen LogP) is 3.93. The number of benzene rings is 1. The van der Waals surface area contributed by atoms with Crippen molar-refractivity contribution in [2.45, 2.75) is 33.2 Å². The number of amides is 1. The number of phenols is 1. The number of aromatic hydroxyl groups is 1. The van der Waals surface area contributed by atoms with Crippen LogP contribution in [0.2, 0.25) is 0 Å². The summed E-state index contributed by atoms with van der Waals surface area (Å²) in [6, 6.07) is 5.05. The van der Waals surface area contributed by atoms with Gasteiger partial charge < -0.3 is 10.4 Å². The molecular formula is C14H19BrINO2. The molecule has 19 heavy (non-hydrogen) atoms. The molecule has 0 aliphatic heterocycles. The molecule has 1 rings (SSSR count). The molecule has 0 spiro atoms. The first-order valence-corrected chi connectivity index (χ1v) is 8.31. The molecule has 106 valence electrons. The van der Waals surface area contributed by atoms with Crippen molar-refractivity contribution in [3.05, 3.63) is 27.3 Å². The first-order chi connectivity index (χ1) is 8.75. The summed E-state index contributed by atoms with van der Waals surface area (Å²) < 4.78 is 0.738. The average molecular weight is 440 g/mol. The van der Waals surface area contributed by atoms with E-state index in [9.17, 15) is 9.90 Å². The Morgan fingerprint density at radius 3 is 2.58 bits per heavy atom. The van der Waals surface area contributed by atoms with E-state index < -0.39 is 0 Å². The second-order valence-corrected chi connectivity index (χ2v) is 7.49. The lowest BCUT2D eigenvalue weighted by Gasteiger charge is -2.31. The number of rotatable bonds is 4. The predicted molar refractivity (Wildman–Crippen MR) is 89.9 cm³/mol. The van der Waals surface area contributed by atoms with Crippen molar-refractivity contribution in [1.82, 2.24) is 5.32 Å². The fraction of sp³-hybridized carbons (Fsp3) is 0.500. The monoisotopic (exact) mass is 439 g/mol. The normalized spacial score (nSPS) is 13.1. The van der Waals surface area contributed by atoms with Crippen molar-refractivity contribution in [2.75, 3.05) is 5.33 Å². The lowest BCUT2D eigenvalue weighted by molar-refractivity contribution is 0.0900. The molecule has 0 aromatic heterocycles. The Morgan fingerprint density at radius 1 is 1.47 bits per heavy atom. The van der Waals surface area contributed by atoms with Gasteiger partial charge in [0.25, 0.3) is 5.91 Å². The largest absolute Gasteiger partial charge is 0.507 e. The molecule has 0 bridgehead atoms. The van der Waals surface area contributed by atoms with Crippen molar-refractivity contribution in [2.24, 2.45) is 5.41 Å². The molecule has 1 aromatic rings. The van der Waals surface area contributed by atoms with Crippen molar-refractivity contribution in [1.29, 1.82) is 0 Å². The van der Waals surface area contributed by atoms with Crippen molar-refractivity contribution in [3.63, 3.8) is 0 Å². The number of carbonyl (C=O) groups is 1. The van der Waals surface area contributed by atoms with Gasteiger partial charge in [-0.3, -0.25) is 4.79 Å². The fourth-order valence-electron chi connectivity index (χ4n) is 1.73. The van der Waals surface area contributed by atoms with E-state index in [-0.39, 0.29) is 23.1 Å². The zero-order valence-electron chi connectivity index (χ0n) is 11.3. The highest BCUT2D eigenvalue weighted by molar-refractivity contribution is 14.1. The molecule has 3 nitrogen and oxygen atoms in total. The van der Waals surface area contributed by atoms with Crippen LogP contribution in [0.4, 0.5) is 0 Å². The maximum Gasteiger partial charge on any atom is 0.251 e. The molecule has 5 heteroatoms. The quantitative estimate of drug-likeness (QED) is 0.551. The highest BCUT2D eigenvalue weighted by atomic mass is 127. The summed E-state index contributed by atoms with van der Waals surface area (Å²) in [5.41, 5.74) is 0.482. The van der Waals surface area contributed by atoms with Crippen LogP contribution in [0.15, 0.2) is 18.2 Å². The summed E-state index contributed by atoms with van der Waals surface area (Å²) in [6.45, 7) is 6.31. The van der Waals surface area contributed by atoms with Crippen LogP contribution >= 0.6 is 38.5 Å². The van der Waals surface area contributed by atoms with Gasteiger partial charge in [0, 0.05) is 16.9 Å². The molecule has 1 amide bonds. The van der Waals surface area contributed by atoms with Gasteiger partial charge in [-0.2, -0.15) is 0 Å². The summed E-state index contributed by atoms with van der Waals surface area (Å²) in [5, 5.41) is 13.5. The van der Waals surface area contributed by atoms with Gasteiger partial charge in [0.1, 0.15) is 5.75 Å². The summed E-state index contributed by atoms with van der Waals surface area (Å²) in [5.74, 6) is -0.00590. The smallest absolute Gasteiger partial charge is 0.251 e. The molecule has 0 aliphatic rings. The van der Waals surface area contributed by atoms with Crippen LogP contribution in [0, 0.1) is 8.99 Å². The maximum atomic E-state index is 12.2. The van der Waals surface area contributed by atoms with Gasteiger partial charge in [0.2, 0.25) is 0 Å². The van der Waals surface area contributed by atoms with Gasteiger partial charge in [-0.25, -0.2) is 0 Å². The van der Waals surface area contributed by atoms with Crippen LogP contribution < -0.4 is 5.32 Å². The molecule has 0 saturated heterocycles. The van der Waals surface area contributed by atoms with Crippen molar-refractivity contribution in [3.8, 4) is 5.75 Å². The zero-order chi connectivity index (χ0) is 14.6. The second kappa shape index (κ2) is 6.92. The van der Waals surface area contributed by atoms with Crippen LogP contribution in [-0.2, 0) is 0 Å². The maximum absolute atomic E-state index is 12.2. The minimum absolute atomic E-state index is 0.00528. The van der Waals surface area contributed by atoms with Crippen molar-refractivity contribution >= 4 is 44.4 Å². The minimum Gasteiger partial charge on any atom is -0.507 e. The average Bonchev–Trinajstić information content (AvgIpc) is 2.30. The van der Waals surface area contributed by atoms with E-state index in [0.29, 0.717) is 5.56 Å². The molecule has 1 aromatic carbocycles. The zero-order valence-corrected chi connectivity index (χ0v) is 15.1. The van der Waals surface area contributed by atoms with Crippen LogP contribution in [-0.4, -0.2) is 22.4 Å². The Kier molecular flexibility index (Phi) is 6.11. The Hall–Kier alpha value is -0.300. The van der Waals surface area contributed by atoms with Crippen LogP contribution in [0.25, 0.3) is 0 Å². The summed E-state index contributed by atoms with van der Waals surface area (Å²) >= 11 is 5.45. The topological polar surface area (TPSA) is 49.3 Å². The molecule has 0 heterocycles. The highest BCUT2D eigenvalue weighted by Gasteiger charge is 2.26. The standard InChI is InChI=1S/C14H19BrINO2/c1-14(2,3)12(6-7-15)17-13(19)9-4-5-10(16)11(18)8-9/h4-5,8,12,18H,6-7H2,1-3H3,(H,17,19). The Balaban J connectivity index is 2.84. The van der Waals surface area contributed by atoms with Gasteiger partial charge in [-0.1, -0.05) is 36.7 Å². The number of phenolic OH excluding ortho intramolecular Hbond substituents is 1. The van der Waals surface area contributed by atoms with E-state index in [4.69, 9.17) is 0 Å². The number of hydrogen-bond donors (Lipinski definition) is 2. The first kappa shape index (κ1) is 16.8. The Labute approximate surface area is 136 Å². The van der Waals surface area contributed by atoms with Crippen LogP contribution in [0.1, 0.15) is 37.6 Å². The fourth-order valence-corrected chi connectivity index (χ4v) is 2.52. The van der Waals surface area contributed by atoms with E-state index in [2.05, 4.69) is 42.0 Å². The third kappa shape index (κ3) is 4.95. The van der Waals surface area contributed by atoms with E-state index in [1.807, 2.05) is 22.6 Å². The van der Waals surface area contributed by atoms with Gasteiger partial charge in [0.05, 0.1) is 3.57 Å². The summed E-state index contributed by atoms with van der Waals surface area (Å²) in [7, 11) is 0. The lowest BCUT2D eigenvalue weighted by atomic mass is 9.85. The molecule has 1 unspecified atom stereocenters. The SMILES string of the molecule is CC(C)(C)C(CCBr)NC(=O)c1ccc(I)c(O)c1. The van der Waals surface area contributed by atoms with Gasteiger partial charge >= 0.3 is 0 Å². The molecule has 1 atom stereocenters. The van der Waals surface area contributed by atoms with Crippen LogP contribution in [0.5, 0.6) is 5.75 Å². The lowest BCUT2D eigenvalue weighted by Crippen LogP contribution is -2.44. The molecule has 0 saturated carbocycles. The molecule has 0 radical (unpaired) electrons. The summed E-state index contributed by atoms with van der Waals surface area (Å²) in [4.78, 5) is 12.2. The van der Waals surface area contributed by atoms with Gasteiger partial charge in [-0.15, -0.1) is 0 Å². The van der Waals surface area contributed by atoms with E-state index in [1.165, 1.54) is 6.07 Å². The van der Waals surface area contributed by atoms with Gasteiger partial charge in [0.15, 0.2) is 0 Å². The molecule has 0 aliphatic carbocycles. The number of hydrogen-bond acceptors (Lipinski definition) is 2. The van der Waals surface area contributed by atoms with Gasteiger partial charge in [-0.05, 0) is 52.6 Å². The molecule has 2 N–H and O–H groups in total. The van der Waals surface area contributed by atoms with Crippen LogP contribution in [0.3, 0.4) is 0 Å². The summed E-state index contributed by atoms with van der Waals surface area (Å²) in [6.07, 6.45) is 0.867. The minimum atomic E-state index is -0.146. The Bertz CT molecular complexity index is 457. The van der Waals surface area contributed by atoms with E-state index in [0.717, 1.165) is 15.3 Å². The first-order valence-electron chi connectivity index (χ1n) is 6.11. The van der Waals surface area contributed by atoms with Crippen molar-refractivity contribution < 1.29 is 9.90 Å². The number of carbonyl (C=O) groups excluding carboxylic acids is 1. The third-order valence-electron chi connectivity index (χ3n) is 2.96. The Morgan fingerprint density at radius 2 is 2.11 bits per heavy atom. The number of alkyl halides is 1. The molecular weight excluding hydrogens is 421 g/mol. The molecule has 0 fully saturated rings. The number of nitrogens with one attached hydrogen (secondary N) is 1. The van der Waals surface area contributed by atoms with E-state index >= 15 is 0 Å². The highest BCUT2D eigenvalue weighted by Crippen LogP contribution is 2.24. The second-order valence-electron chi connectivity index (χ2n) is 5.54.